The van der Waals surface area contributed by atoms with Gasteiger partial charge in [-0.1, -0.05) is 29.8 Å². The SMILES string of the molecule is O=C(/C=C/c1ccc(Cl)c([N+](=O)[O-])c1)Nn1cnc2ccccc2c1=O. The molecule has 0 atom stereocenters. The lowest BCUT2D eigenvalue weighted by atomic mass is 10.2. The summed E-state index contributed by atoms with van der Waals surface area (Å²) >= 11 is 5.74. The first-order valence-electron chi connectivity index (χ1n) is 7.35. The summed E-state index contributed by atoms with van der Waals surface area (Å²) in [5, 5.41) is 11.2. The van der Waals surface area contributed by atoms with E-state index in [9.17, 15) is 19.7 Å². The molecule has 0 aliphatic rings. The zero-order valence-electron chi connectivity index (χ0n) is 13.1. The van der Waals surface area contributed by atoms with E-state index in [2.05, 4.69) is 10.4 Å². The molecule has 0 spiro atoms. The van der Waals surface area contributed by atoms with Gasteiger partial charge in [0.2, 0.25) is 0 Å². The smallest absolute Gasteiger partial charge is 0.268 e. The minimum absolute atomic E-state index is 0.00499. The monoisotopic (exact) mass is 370 g/mol. The van der Waals surface area contributed by atoms with E-state index in [1.807, 2.05) is 0 Å². The number of nitro groups is 1. The third-order valence-electron chi connectivity index (χ3n) is 3.49. The van der Waals surface area contributed by atoms with Crippen molar-refractivity contribution in [1.82, 2.24) is 9.66 Å². The molecule has 0 unspecified atom stereocenters. The molecule has 2 aromatic carbocycles. The predicted octanol–water partition coefficient (Wildman–Crippen LogP) is 2.74. The van der Waals surface area contributed by atoms with Crippen LogP contribution in [0.1, 0.15) is 5.56 Å². The van der Waals surface area contributed by atoms with E-state index < -0.39 is 16.4 Å². The highest BCUT2D eigenvalue weighted by Crippen LogP contribution is 2.25. The van der Waals surface area contributed by atoms with Gasteiger partial charge in [0.15, 0.2) is 0 Å². The van der Waals surface area contributed by atoms with E-state index in [0.717, 1.165) is 10.8 Å². The van der Waals surface area contributed by atoms with Crippen molar-refractivity contribution in [2.75, 3.05) is 5.43 Å². The van der Waals surface area contributed by atoms with Gasteiger partial charge in [-0.15, -0.1) is 0 Å². The molecule has 0 radical (unpaired) electrons. The number of aromatic nitrogens is 2. The van der Waals surface area contributed by atoms with Crippen LogP contribution in [0.4, 0.5) is 5.69 Å². The first kappa shape index (κ1) is 17.3. The fraction of sp³-hybridized carbons (Fsp3) is 0. The Bertz CT molecular complexity index is 1110. The molecule has 1 amide bonds. The molecule has 130 valence electrons. The maximum Gasteiger partial charge on any atom is 0.288 e. The van der Waals surface area contributed by atoms with Crippen molar-refractivity contribution in [2.45, 2.75) is 0 Å². The van der Waals surface area contributed by atoms with E-state index >= 15 is 0 Å². The number of fused-ring (bicyclic) bond motifs is 1. The number of nitrogens with zero attached hydrogens (tertiary/aromatic N) is 3. The molecule has 8 nitrogen and oxygen atoms in total. The third kappa shape index (κ3) is 3.60. The van der Waals surface area contributed by atoms with E-state index in [1.54, 1.807) is 24.3 Å². The topological polar surface area (TPSA) is 107 Å². The average Bonchev–Trinajstić information content (AvgIpc) is 2.63. The first-order chi connectivity index (χ1) is 12.5. The Hall–Kier alpha value is -3.52. The van der Waals surface area contributed by atoms with Crippen molar-refractivity contribution in [3.05, 3.63) is 85.9 Å². The summed E-state index contributed by atoms with van der Waals surface area (Å²) in [6.07, 6.45) is 3.73. The van der Waals surface area contributed by atoms with Gasteiger partial charge in [0, 0.05) is 12.1 Å². The van der Waals surface area contributed by atoms with Crippen LogP contribution in [0, 0.1) is 10.1 Å². The summed E-state index contributed by atoms with van der Waals surface area (Å²) < 4.78 is 0.972. The minimum Gasteiger partial charge on any atom is -0.268 e. The van der Waals surface area contributed by atoms with Crippen molar-refractivity contribution in [3.63, 3.8) is 0 Å². The molecule has 0 bridgehead atoms. The van der Waals surface area contributed by atoms with E-state index in [4.69, 9.17) is 11.6 Å². The lowest BCUT2D eigenvalue weighted by Crippen LogP contribution is -2.32. The third-order valence-corrected chi connectivity index (χ3v) is 3.81. The Balaban J connectivity index is 1.80. The van der Waals surface area contributed by atoms with Gasteiger partial charge in [0.05, 0.1) is 15.8 Å². The molecule has 0 fully saturated rings. The van der Waals surface area contributed by atoms with Crippen LogP contribution in [0.2, 0.25) is 5.02 Å². The van der Waals surface area contributed by atoms with Gasteiger partial charge < -0.3 is 0 Å². The Morgan fingerprint density at radius 1 is 1.27 bits per heavy atom. The second-order valence-electron chi connectivity index (χ2n) is 5.21. The molecule has 3 aromatic rings. The molecule has 1 N–H and O–H groups in total. The van der Waals surface area contributed by atoms with Crippen molar-refractivity contribution >= 4 is 40.2 Å². The second-order valence-corrected chi connectivity index (χ2v) is 5.62. The van der Waals surface area contributed by atoms with E-state index in [0.29, 0.717) is 16.5 Å². The number of carbonyl (C=O) groups is 1. The molecule has 9 heteroatoms. The van der Waals surface area contributed by atoms with Gasteiger partial charge in [-0.25, -0.2) is 9.66 Å². The molecule has 0 saturated heterocycles. The maximum atomic E-state index is 12.3. The number of amides is 1. The van der Waals surface area contributed by atoms with Crippen LogP contribution >= 0.6 is 11.6 Å². The summed E-state index contributed by atoms with van der Waals surface area (Å²) in [6, 6.07) is 10.9. The lowest BCUT2D eigenvalue weighted by Gasteiger charge is -2.06. The van der Waals surface area contributed by atoms with Crippen LogP contribution < -0.4 is 11.0 Å². The summed E-state index contributed by atoms with van der Waals surface area (Å²) in [5.74, 6) is -0.596. The van der Waals surface area contributed by atoms with Crippen molar-refractivity contribution in [2.24, 2.45) is 0 Å². The maximum absolute atomic E-state index is 12.3. The fourth-order valence-corrected chi connectivity index (χ4v) is 2.44. The van der Waals surface area contributed by atoms with Crippen LogP contribution in [0.3, 0.4) is 0 Å². The number of nitrogens with one attached hydrogen (secondary N) is 1. The molecule has 0 aliphatic heterocycles. The number of nitro benzene ring substituents is 1. The van der Waals surface area contributed by atoms with Gasteiger partial charge in [0.25, 0.3) is 17.2 Å². The number of rotatable bonds is 4. The highest BCUT2D eigenvalue weighted by Gasteiger charge is 2.12. The lowest BCUT2D eigenvalue weighted by molar-refractivity contribution is -0.384. The van der Waals surface area contributed by atoms with Crippen LogP contribution in [0.5, 0.6) is 0 Å². The Morgan fingerprint density at radius 2 is 2.04 bits per heavy atom. The van der Waals surface area contributed by atoms with Crippen LogP contribution in [0.25, 0.3) is 17.0 Å². The van der Waals surface area contributed by atoms with Gasteiger partial charge >= 0.3 is 0 Å². The molecule has 3 rings (SSSR count). The Labute approximate surface area is 151 Å². The van der Waals surface area contributed by atoms with Crippen LogP contribution in [0.15, 0.2) is 59.7 Å². The van der Waals surface area contributed by atoms with Gasteiger partial charge in [-0.2, -0.15) is 0 Å². The molecule has 0 saturated carbocycles. The first-order valence-corrected chi connectivity index (χ1v) is 7.73. The Kier molecular flexibility index (Phi) is 4.76. The zero-order valence-corrected chi connectivity index (χ0v) is 13.9. The number of halogens is 1. The normalized spacial score (nSPS) is 11.0. The molecule has 26 heavy (non-hydrogen) atoms. The number of benzene rings is 2. The predicted molar refractivity (Wildman–Crippen MR) is 97.5 cm³/mol. The summed E-state index contributed by atoms with van der Waals surface area (Å²) in [4.78, 5) is 38.7. The minimum atomic E-state index is -0.611. The Morgan fingerprint density at radius 3 is 2.81 bits per heavy atom. The number of para-hydroxylation sites is 1. The summed E-state index contributed by atoms with van der Waals surface area (Å²) in [5.41, 5.74) is 2.64. The second kappa shape index (κ2) is 7.16. The summed E-state index contributed by atoms with van der Waals surface area (Å²) in [7, 11) is 0. The molecule has 0 aliphatic carbocycles. The van der Waals surface area contributed by atoms with Crippen LogP contribution in [-0.4, -0.2) is 20.5 Å². The van der Waals surface area contributed by atoms with E-state index in [1.165, 1.54) is 30.6 Å². The number of hydrogen-bond acceptors (Lipinski definition) is 5. The van der Waals surface area contributed by atoms with Gasteiger partial charge in [-0.3, -0.25) is 25.1 Å². The van der Waals surface area contributed by atoms with Crippen LogP contribution in [-0.2, 0) is 4.79 Å². The van der Waals surface area contributed by atoms with Crippen molar-refractivity contribution in [1.29, 1.82) is 0 Å². The van der Waals surface area contributed by atoms with Crippen molar-refractivity contribution < 1.29 is 9.72 Å². The molecule has 1 aromatic heterocycles. The fourth-order valence-electron chi connectivity index (χ4n) is 2.25. The van der Waals surface area contributed by atoms with Gasteiger partial charge in [-0.05, 0) is 29.8 Å². The highest BCUT2D eigenvalue weighted by molar-refractivity contribution is 6.32. The quantitative estimate of drug-likeness (QED) is 0.431. The average molecular weight is 371 g/mol. The molecule has 1 heterocycles. The highest BCUT2D eigenvalue weighted by atomic mass is 35.5. The van der Waals surface area contributed by atoms with Gasteiger partial charge in [0.1, 0.15) is 11.3 Å². The standard InChI is InChI=1S/C17H11ClN4O4/c18-13-7-5-11(9-15(13)22(25)26)6-8-16(23)20-21-10-19-14-4-2-1-3-12(14)17(21)24/h1-10H,(H,20,23)/b8-6+. The number of carbonyl (C=O) groups excluding carboxylic acids is 1. The number of hydrogen-bond donors (Lipinski definition) is 1. The molecular weight excluding hydrogens is 360 g/mol. The largest absolute Gasteiger partial charge is 0.288 e. The van der Waals surface area contributed by atoms with Crippen molar-refractivity contribution in [3.8, 4) is 0 Å². The van der Waals surface area contributed by atoms with E-state index in [-0.39, 0.29) is 10.7 Å². The zero-order chi connectivity index (χ0) is 18.7. The summed E-state index contributed by atoms with van der Waals surface area (Å²) in [6.45, 7) is 0. The molecular formula is C17H11ClN4O4.